The zero-order valence-electron chi connectivity index (χ0n) is 18.0. The van der Waals surface area contributed by atoms with Crippen molar-refractivity contribution >= 4 is 11.8 Å². The molecule has 4 rings (SSSR count). The summed E-state index contributed by atoms with van der Waals surface area (Å²) in [7, 11) is 0. The smallest absolute Gasteiger partial charge is 0.407 e. The van der Waals surface area contributed by atoms with Gasteiger partial charge in [-0.15, -0.1) is 0 Å². The fourth-order valence-corrected chi connectivity index (χ4v) is 4.37. The second-order valence-electron chi connectivity index (χ2n) is 8.23. The van der Waals surface area contributed by atoms with Crippen LogP contribution in [-0.2, 0) is 4.74 Å². The van der Waals surface area contributed by atoms with Crippen LogP contribution >= 0.6 is 0 Å². The first kappa shape index (κ1) is 21.9. The summed E-state index contributed by atoms with van der Waals surface area (Å²) in [6, 6.07) is 21.5. The molecule has 2 unspecified atom stereocenters. The molecule has 1 aliphatic carbocycles. The number of alkyl carbamates (subject to hydrolysis) is 1. The zero-order valence-corrected chi connectivity index (χ0v) is 18.0. The standard InChI is InChI=1S/C26H28N2O4/c1-16-12-17(14-18(27)13-16)25(30)24(29)10-11-28-26(31)32-15-23-21-8-4-2-6-19(21)20-7-3-5-9-22(20)23/h2-9,12-14,23-25,29-30H,10-11,15,27H2,1H3,(H,28,31). The normalized spacial score (nSPS) is 14.3. The number of rotatable bonds is 7. The van der Waals surface area contributed by atoms with Crippen molar-refractivity contribution in [1.29, 1.82) is 0 Å². The van der Waals surface area contributed by atoms with E-state index >= 15 is 0 Å². The largest absolute Gasteiger partial charge is 0.449 e. The minimum absolute atomic E-state index is 0.00709. The second kappa shape index (κ2) is 9.42. The van der Waals surface area contributed by atoms with Crippen LogP contribution in [0.1, 0.15) is 40.7 Å². The molecule has 0 fully saturated rings. The van der Waals surface area contributed by atoms with Crippen LogP contribution in [0.2, 0.25) is 0 Å². The quantitative estimate of drug-likeness (QED) is 0.424. The van der Waals surface area contributed by atoms with Gasteiger partial charge in [-0.2, -0.15) is 0 Å². The molecular weight excluding hydrogens is 404 g/mol. The van der Waals surface area contributed by atoms with E-state index in [1.807, 2.05) is 31.2 Å². The SMILES string of the molecule is Cc1cc(N)cc(C(O)C(O)CCNC(=O)OCC2c3ccccc3-c3ccccc32)c1. The maximum Gasteiger partial charge on any atom is 0.407 e. The summed E-state index contributed by atoms with van der Waals surface area (Å²) in [5, 5.41) is 23.3. The summed E-state index contributed by atoms with van der Waals surface area (Å²) in [4.78, 5) is 12.2. The van der Waals surface area contributed by atoms with Crippen LogP contribution in [0.25, 0.3) is 11.1 Å². The van der Waals surface area contributed by atoms with Crippen LogP contribution in [0.4, 0.5) is 10.5 Å². The molecular formula is C26H28N2O4. The average molecular weight is 433 g/mol. The summed E-state index contributed by atoms with van der Waals surface area (Å²) in [6.07, 6.45) is -2.49. The number of anilines is 1. The summed E-state index contributed by atoms with van der Waals surface area (Å²) < 4.78 is 5.49. The van der Waals surface area contributed by atoms with Gasteiger partial charge in [-0.25, -0.2) is 4.79 Å². The molecule has 0 aliphatic heterocycles. The Kier molecular flexibility index (Phi) is 6.44. The number of hydrogen-bond donors (Lipinski definition) is 4. The van der Waals surface area contributed by atoms with E-state index in [9.17, 15) is 15.0 Å². The molecule has 0 radical (unpaired) electrons. The minimum atomic E-state index is -1.08. The molecule has 32 heavy (non-hydrogen) atoms. The Morgan fingerprint density at radius 1 is 1.03 bits per heavy atom. The van der Waals surface area contributed by atoms with Gasteiger partial charge in [-0.1, -0.05) is 54.6 Å². The van der Waals surface area contributed by atoms with E-state index < -0.39 is 18.3 Å². The first-order valence-electron chi connectivity index (χ1n) is 10.8. The predicted molar refractivity (Wildman–Crippen MR) is 124 cm³/mol. The monoisotopic (exact) mass is 432 g/mol. The number of benzene rings is 3. The number of aryl methyl sites for hydroxylation is 1. The fourth-order valence-electron chi connectivity index (χ4n) is 4.37. The topological polar surface area (TPSA) is 105 Å². The number of aliphatic hydroxyl groups is 2. The maximum atomic E-state index is 12.2. The number of ether oxygens (including phenoxy) is 1. The molecule has 0 bridgehead atoms. The number of amides is 1. The summed E-state index contributed by atoms with van der Waals surface area (Å²) in [6.45, 7) is 2.28. The van der Waals surface area contributed by atoms with Crippen LogP contribution in [0.5, 0.6) is 0 Å². The van der Waals surface area contributed by atoms with Gasteiger partial charge in [-0.3, -0.25) is 0 Å². The van der Waals surface area contributed by atoms with Gasteiger partial charge in [0, 0.05) is 18.2 Å². The molecule has 166 valence electrons. The van der Waals surface area contributed by atoms with Crippen molar-refractivity contribution < 1.29 is 19.7 Å². The van der Waals surface area contributed by atoms with Gasteiger partial charge in [0.15, 0.2) is 0 Å². The molecule has 3 aromatic carbocycles. The van der Waals surface area contributed by atoms with Gasteiger partial charge in [-0.05, 0) is 58.9 Å². The summed E-state index contributed by atoms with van der Waals surface area (Å²) in [5.74, 6) is -0.00709. The van der Waals surface area contributed by atoms with E-state index in [1.165, 1.54) is 11.1 Å². The second-order valence-corrected chi connectivity index (χ2v) is 8.23. The van der Waals surface area contributed by atoms with E-state index in [1.54, 1.807) is 18.2 Å². The first-order valence-corrected chi connectivity index (χ1v) is 10.8. The lowest BCUT2D eigenvalue weighted by molar-refractivity contribution is 0.0137. The molecule has 1 aliphatic rings. The number of carbonyl (C=O) groups excluding carboxylic acids is 1. The molecule has 0 heterocycles. The van der Waals surface area contributed by atoms with Crippen molar-refractivity contribution in [3.05, 3.63) is 89.0 Å². The Balaban J connectivity index is 1.29. The minimum Gasteiger partial charge on any atom is -0.449 e. The van der Waals surface area contributed by atoms with Gasteiger partial charge in [0.2, 0.25) is 0 Å². The third-order valence-electron chi connectivity index (χ3n) is 5.88. The third-order valence-corrected chi connectivity index (χ3v) is 5.88. The first-order chi connectivity index (χ1) is 15.4. The van der Waals surface area contributed by atoms with Crippen molar-refractivity contribution in [2.45, 2.75) is 31.5 Å². The molecule has 3 aromatic rings. The number of hydrogen-bond acceptors (Lipinski definition) is 5. The number of nitrogens with two attached hydrogens (primary N) is 1. The van der Waals surface area contributed by atoms with Crippen LogP contribution < -0.4 is 11.1 Å². The van der Waals surface area contributed by atoms with Crippen molar-refractivity contribution in [2.24, 2.45) is 0 Å². The van der Waals surface area contributed by atoms with E-state index in [0.717, 1.165) is 16.7 Å². The zero-order chi connectivity index (χ0) is 22.7. The molecule has 5 N–H and O–H groups in total. The number of carbonyl (C=O) groups is 1. The van der Waals surface area contributed by atoms with Gasteiger partial charge < -0.3 is 26.0 Å². The van der Waals surface area contributed by atoms with Gasteiger partial charge in [0.05, 0.1) is 6.10 Å². The van der Waals surface area contributed by atoms with Gasteiger partial charge in [0.25, 0.3) is 0 Å². The van der Waals surface area contributed by atoms with E-state index in [0.29, 0.717) is 11.3 Å². The van der Waals surface area contributed by atoms with Crippen molar-refractivity contribution in [3.63, 3.8) is 0 Å². The number of aliphatic hydroxyl groups excluding tert-OH is 2. The molecule has 6 nitrogen and oxygen atoms in total. The molecule has 0 aromatic heterocycles. The molecule has 6 heteroatoms. The average Bonchev–Trinajstić information content (AvgIpc) is 3.10. The molecule has 0 saturated heterocycles. The fraction of sp³-hybridized carbons (Fsp3) is 0.269. The van der Waals surface area contributed by atoms with Crippen LogP contribution in [0.3, 0.4) is 0 Å². The van der Waals surface area contributed by atoms with Crippen LogP contribution in [-0.4, -0.2) is 35.6 Å². The van der Waals surface area contributed by atoms with E-state index in [4.69, 9.17) is 10.5 Å². The van der Waals surface area contributed by atoms with Crippen molar-refractivity contribution in [2.75, 3.05) is 18.9 Å². The molecule has 1 amide bonds. The lowest BCUT2D eigenvalue weighted by Gasteiger charge is -2.19. The highest BCUT2D eigenvalue weighted by molar-refractivity contribution is 5.79. The maximum absolute atomic E-state index is 12.2. The number of nitrogen functional groups attached to an aromatic ring is 1. The Bertz CT molecular complexity index is 1050. The number of nitrogens with one attached hydrogen (secondary N) is 1. The van der Waals surface area contributed by atoms with Crippen LogP contribution in [0.15, 0.2) is 66.7 Å². The lowest BCUT2D eigenvalue weighted by Crippen LogP contribution is -2.30. The highest BCUT2D eigenvalue weighted by Crippen LogP contribution is 2.44. The van der Waals surface area contributed by atoms with Gasteiger partial charge in [0.1, 0.15) is 12.7 Å². The van der Waals surface area contributed by atoms with E-state index in [-0.39, 0.29) is 25.5 Å². The number of fused-ring (bicyclic) bond motifs is 3. The Morgan fingerprint density at radius 2 is 1.66 bits per heavy atom. The predicted octanol–water partition coefficient (Wildman–Crippen LogP) is 3.90. The lowest BCUT2D eigenvalue weighted by atomic mass is 9.98. The molecule has 0 saturated carbocycles. The summed E-state index contributed by atoms with van der Waals surface area (Å²) >= 11 is 0. The van der Waals surface area contributed by atoms with Gasteiger partial charge >= 0.3 is 6.09 Å². The van der Waals surface area contributed by atoms with Crippen molar-refractivity contribution in [3.8, 4) is 11.1 Å². The van der Waals surface area contributed by atoms with E-state index in [2.05, 4.69) is 29.6 Å². The molecule has 2 atom stereocenters. The summed E-state index contributed by atoms with van der Waals surface area (Å²) in [5.41, 5.74) is 12.4. The Morgan fingerprint density at radius 3 is 2.28 bits per heavy atom. The van der Waals surface area contributed by atoms with Crippen LogP contribution in [0, 0.1) is 6.92 Å². The Hall–Kier alpha value is -3.35. The third kappa shape index (κ3) is 4.61. The highest BCUT2D eigenvalue weighted by Gasteiger charge is 2.29. The highest BCUT2D eigenvalue weighted by atomic mass is 16.5. The Labute approximate surface area is 187 Å². The molecule has 0 spiro atoms. The van der Waals surface area contributed by atoms with Crippen molar-refractivity contribution in [1.82, 2.24) is 5.32 Å².